The lowest BCUT2D eigenvalue weighted by Crippen LogP contribution is -2.15. The van der Waals surface area contributed by atoms with Gasteiger partial charge >= 0.3 is 0 Å². The molecular weight excluding hydrogens is 354 g/mol. The second-order valence-electron chi connectivity index (χ2n) is 7.04. The molecule has 0 saturated heterocycles. The zero-order valence-electron chi connectivity index (χ0n) is 15.3. The van der Waals surface area contributed by atoms with Crippen LogP contribution in [0.4, 0.5) is 17.3 Å². The van der Waals surface area contributed by atoms with Crippen molar-refractivity contribution in [3.63, 3.8) is 0 Å². The quantitative estimate of drug-likeness (QED) is 0.637. The van der Waals surface area contributed by atoms with E-state index in [0.29, 0.717) is 34.8 Å². The van der Waals surface area contributed by atoms with Crippen molar-refractivity contribution in [1.82, 2.24) is 15.0 Å². The minimum absolute atomic E-state index is 0.106. The molecule has 1 aliphatic rings. The number of nitrogen functional groups attached to an aromatic ring is 2. The van der Waals surface area contributed by atoms with E-state index in [-0.39, 0.29) is 17.7 Å². The Bertz CT molecular complexity index is 1140. The van der Waals surface area contributed by atoms with E-state index in [4.69, 9.17) is 16.7 Å². The zero-order valence-corrected chi connectivity index (χ0v) is 15.3. The number of pyridine rings is 3. The van der Waals surface area contributed by atoms with Gasteiger partial charge < -0.3 is 16.8 Å². The largest absolute Gasteiger partial charge is 0.397 e. The van der Waals surface area contributed by atoms with Crippen molar-refractivity contribution in [1.29, 1.82) is 5.26 Å². The number of anilines is 3. The van der Waals surface area contributed by atoms with Gasteiger partial charge in [-0.25, -0.2) is 9.97 Å². The summed E-state index contributed by atoms with van der Waals surface area (Å²) in [4.78, 5) is 25.2. The van der Waals surface area contributed by atoms with Crippen molar-refractivity contribution < 1.29 is 4.79 Å². The van der Waals surface area contributed by atoms with Crippen LogP contribution in [0.2, 0.25) is 0 Å². The number of nitrogens with two attached hydrogens (primary N) is 2. The molecule has 0 spiro atoms. The lowest BCUT2D eigenvalue weighted by Gasteiger charge is -2.11. The van der Waals surface area contributed by atoms with Crippen LogP contribution in [0.3, 0.4) is 0 Å². The van der Waals surface area contributed by atoms with Gasteiger partial charge in [0.2, 0.25) is 5.91 Å². The number of nitrogens with one attached hydrogen (secondary N) is 1. The molecule has 4 rings (SSSR count). The smallest absolute Gasteiger partial charge is 0.228 e. The first-order chi connectivity index (χ1) is 13.5. The minimum atomic E-state index is -0.115. The van der Waals surface area contributed by atoms with E-state index in [1.165, 1.54) is 0 Å². The van der Waals surface area contributed by atoms with E-state index < -0.39 is 0 Å². The molecule has 8 nitrogen and oxygen atoms in total. The van der Waals surface area contributed by atoms with Gasteiger partial charge in [0.1, 0.15) is 11.6 Å². The zero-order chi connectivity index (χ0) is 19.8. The number of nitrogens with zero attached hydrogens (tertiary/aromatic N) is 4. The second kappa shape index (κ2) is 6.78. The molecule has 1 aliphatic carbocycles. The summed E-state index contributed by atoms with van der Waals surface area (Å²) in [6.07, 6.45) is 6.04. The van der Waals surface area contributed by atoms with Crippen LogP contribution in [-0.4, -0.2) is 20.9 Å². The van der Waals surface area contributed by atoms with Crippen LogP contribution >= 0.6 is 0 Å². The molecule has 8 heteroatoms. The molecule has 1 saturated carbocycles. The maximum Gasteiger partial charge on any atom is 0.228 e. The summed E-state index contributed by atoms with van der Waals surface area (Å²) in [5.74, 6) is 0.715. The van der Waals surface area contributed by atoms with E-state index >= 15 is 0 Å². The highest BCUT2D eigenvalue weighted by Crippen LogP contribution is 2.41. The molecule has 1 amide bonds. The van der Waals surface area contributed by atoms with Gasteiger partial charge in [-0.2, -0.15) is 5.26 Å². The number of nitriles is 1. The maximum atomic E-state index is 12.3. The van der Waals surface area contributed by atoms with Crippen LogP contribution in [0, 0.1) is 30.1 Å². The predicted molar refractivity (Wildman–Crippen MR) is 107 cm³/mol. The highest BCUT2D eigenvalue weighted by molar-refractivity contribution is 5.98. The standard InChI is InChI=1S/C20H19N7O/c1-10-14(7-24-9-16(10)22)17-5-12-6-18(25-8-15(12)19(23)26-17)27-20(28)13-4-11(13)2-3-21/h5-9,11,13H,2,4,22H2,1H3,(H2,23,26)(H,25,27,28)/t11-,13-/m1/s1. The molecule has 0 aliphatic heterocycles. The number of carbonyl (C=O) groups excluding carboxylic acids is 1. The van der Waals surface area contributed by atoms with Crippen LogP contribution < -0.4 is 16.8 Å². The Balaban J connectivity index is 1.66. The van der Waals surface area contributed by atoms with E-state index in [1.807, 2.05) is 13.0 Å². The first kappa shape index (κ1) is 17.7. The number of aromatic nitrogens is 3. The molecule has 28 heavy (non-hydrogen) atoms. The Morgan fingerprint density at radius 3 is 2.93 bits per heavy atom. The predicted octanol–water partition coefficient (Wildman–Crippen LogP) is 2.65. The Kier molecular flexibility index (Phi) is 4.28. The molecule has 2 atom stereocenters. The van der Waals surface area contributed by atoms with Crippen molar-refractivity contribution in [3.8, 4) is 17.3 Å². The minimum Gasteiger partial charge on any atom is -0.397 e. The molecule has 0 unspecified atom stereocenters. The Labute approximate surface area is 161 Å². The number of amides is 1. The SMILES string of the molecule is Cc1c(N)cncc1-c1cc2cc(NC(=O)[C@@H]3C[C@H]3CC#N)ncc2c(N)n1. The Hall–Kier alpha value is -3.73. The molecule has 0 aromatic carbocycles. The van der Waals surface area contributed by atoms with Gasteiger partial charge in [0.05, 0.1) is 23.6 Å². The average molecular weight is 373 g/mol. The van der Waals surface area contributed by atoms with Crippen molar-refractivity contribution in [2.45, 2.75) is 19.8 Å². The first-order valence-electron chi connectivity index (χ1n) is 8.92. The summed E-state index contributed by atoms with van der Waals surface area (Å²) >= 11 is 0. The molecule has 0 radical (unpaired) electrons. The fourth-order valence-electron chi connectivity index (χ4n) is 3.31. The highest BCUT2D eigenvalue weighted by atomic mass is 16.2. The molecular formula is C20H19N7O. The highest BCUT2D eigenvalue weighted by Gasteiger charge is 2.42. The summed E-state index contributed by atoms with van der Waals surface area (Å²) in [5, 5.41) is 13.1. The molecule has 3 aromatic heterocycles. The fourth-order valence-corrected chi connectivity index (χ4v) is 3.31. The Morgan fingerprint density at radius 2 is 2.14 bits per heavy atom. The average Bonchev–Trinajstić information content (AvgIpc) is 3.43. The van der Waals surface area contributed by atoms with E-state index in [1.54, 1.807) is 24.7 Å². The monoisotopic (exact) mass is 373 g/mol. The molecule has 3 heterocycles. The number of rotatable bonds is 4. The lowest BCUT2D eigenvalue weighted by molar-refractivity contribution is -0.117. The first-order valence-corrected chi connectivity index (χ1v) is 8.92. The topological polar surface area (TPSA) is 144 Å². The van der Waals surface area contributed by atoms with Gasteiger partial charge in [-0.3, -0.25) is 9.78 Å². The van der Waals surface area contributed by atoms with Gasteiger partial charge in [-0.15, -0.1) is 0 Å². The van der Waals surface area contributed by atoms with Gasteiger partial charge in [-0.05, 0) is 42.3 Å². The number of fused-ring (bicyclic) bond motifs is 1. The van der Waals surface area contributed by atoms with Crippen LogP contribution in [0.25, 0.3) is 22.0 Å². The second-order valence-corrected chi connectivity index (χ2v) is 7.04. The van der Waals surface area contributed by atoms with Crippen LogP contribution in [-0.2, 0) is 4.79 Å². The van der Waals surface area contributed by atoms with Gasteiger partial charge in [0.15, 0.2) is 0 Å². The van der Waals surface area contributed by atoms with Gasteiger partial charge in [0.25, 0.3) is 0 Å². The van der Waals surface area contributed by atoms with E-state index in [2.05, 4.69) is 26.3 Å². The number of hydrogen-bond donors (Lipinski definition) is 3. The number of hydrogen-bond acceptors (Lipinski definition) is 7. The third-order valence-electron chi connectivity index (χ3n) is 5.14. The van der Waals surface area contributed by atoms with Crippen molar-refractivity contribution >= 4 is 34.0 Å². The third kappa shape index (κ3) is 3.18. The summed E-state index contributed by atoms with van der Waals surface area (Å²) < 4.78 is 0. The fraction of sp³-hybridized carbons (Fsp3) is 0.250. The molecule has 5 N–H and O–H groups in total. The lowest BCUT2D eigenvalue weighted by atomic mass is 10.0. The molecule has 1 fully saturated rings. The number of carbonyl (C=O) groups is 1. The van der Waals surface area contributed by atoms with Crippen molar-refractivity contribution in [2.75, 3.05) is 16.8 Å². The summed E-state index contributed by atoms with van der Waals surface area (Å²) in [6, 6.07) is 5.75. The third-order valence-corrected chi connectivity index (χ3v) is 5.14. The van der Waals surface area contributed by atoms with Crippen LogP contribution in [0.5, 0.6) is 0 Å². The van der Waals surface area contributed by atoms with Gasteiger partial charge in [-0.1, -0.05) is 0 Å². The summed E-state index contributed by atoms with van der Waals surface area (Å²) in [7, 11) is 0. The van der Waals surface area contributed by atoms with Crippen molar-refractivity contribution in [3.05, 3.63) is 36.3 Å². The Morgan fingerprint density at radius 1 is 1.32 bits per heavy atom. The normalized spacial score (nSPS) is 17.9. The van der Waals surface area contributed by atoms with E-state index in [9.17, 15) is 4.79 Å². The molecule has 140 valence electrons. The molecule has 0 bridgehead atoms. The van der Waals surface area contributed by atoms with Gasteiger partial charge in [0, 0.05) is 35.7 Å². The maximum absolute atomic E-state index is 12.3. The van der Waals surface area contributed by atoms with Crippen molar-refractivity contribution in [2.24, 2.45) is 11.8 Å². The summed E-state index contributed by atoms with van der Waals surface area (Å²) in [6.45, 7) is 1.90. The molecule has 3 aromatic rings. The van der Waals surface area contributed by atoms with Crippen LogP contribution in [0.1, 0.15) is 18.4 Å². The van der Waals surface area contributed by atoms with Crippen LogP contribution in [0.15, 0.2) is 30.7 Å². The van der Waals surface area contributed by atoms with E-state index in [0.717, 1.165) is 22.9 Å². The summed E-state index contributed by atoms with van der Waals surface area (Å²) in [5.41, 5.74) is 15.0.